The Balaban J connectivity index is 2.36. The lowest BCUT2D eigenvalue weighted by Gasteiger charge is -2.25. The van der Waals surface area contributed by atoms with Crippen LogP contribution in [0.2, 0.25) is 0 Å². The number of nitrogens with zero attached hydrogens (tertiary/aromatic N) is 2. The summed E-state index contributed by atoms with van der Waals surface area (Å²) in [6, 6.07) is 0.453. The van der Waals surface area contributed by atoms with Gasteiger partial charge >= 0.3 is 5.97 Å². The summed E-state index contributed by atoms with van der Waals surface area (Å²) in [5, 5.41) is 0. The van der Waals surface area contributed by atoms with Crippen molar-refractivity contribution in [1.29, 1.82) is 0 Å². The molecule has 0 bridgehead atoms. The Labute approximate surface area is 109 Å². The number of carbonyl (C=O) groups excluding carboxylic acids is 2. The fourth-order valence-corrected chi connectivity index (χ4v) is 2.15. The number of ether oxygens (including phenoxy) is 1. The maximum atomic E-state index is 12.1. The highest BCUT2D eigenvalue weighted by atomic mass is 16.5. The summed E-state index contributed by atoms with van der Waals surface area (Å²) in [4.78, 5) is 27.2. The molecule has 0 aliphatic heterocycles. The Morgan fingerprint density at radius 1 is 1.39 bits per heavy atom. The molecular formula is C13H24N2O3. The predicted molar refractivity (Wildman–Crippen MR) is 69.1 cm³/mol. The number of hydrogen-bond donors (Lipinski definition) is 0. The van der Waals surface area contributed by atoms with Gasteiger partial charge in [-0.15, -0.1) is 0 Å². The monoisotopic (exact) mass is 256 g/mol. The van der Waals surface area contributed by atoms with Crippen molar-refractivity contribution in [2.45, 2.75) is 32.7 Å². The standard InChI is InChI=1S/C13H24N2O3/c1-5-15(11-6-7-11)12(16)9-14(3)8-10(2)13(17)18-4/h10-11H,5-9H2,1-4H3. The summed E-state index contributed by atoms with van der Waals surface area (Å²) in [6.45, 7) is 5.49. The highest BCUT2D eigenvalue weighted by Gasteiger charge is 2.31. The largest absolute Gasteiger partial charge is 0.469 e. The van der Waals surface area contributed by atoms with E-state index in [0.29, 0.717) is 19.1 Å². The molecule has 0 spiro atoms. The molecule has 0 aromatic heterocycles. The number of rotatable bonds is 7. The third-order valence-electron chi connectivity index (χ3n) is 3.24. The van der Waals surface area contributed by atoms with Crippen molar-refractivity contribution in [1.82, 2.24) is 9.80 Å². The smallest absolute Gasteiger partial charge is 0.309 e. The molecule has 5 heteroatoms. The van der Waals surface area contributed by atoms with E-state index >= 15 is 0 Å². The first-order valence-corrected chi connectivity index (χ1v) is 6.55. The molecule has 1 amide bonds. The van der Waals surface area contributed by atoms with Gasteiger partial charge < -0.3 is 9.64 Å². The second-order valence-corrected chi connectivity index (χ2v) is 5.03. The molecule has 18 heavy (non-hydrogen) atoms. The number of esters is 1. The van der Waals surface area contributed by atoms with E-state index in [2.05, 4.69) is 4.74 Å². The number of amides is 1. The summed E-state index contributed by atoms with van der Waals surface area (Å²) >= 11 is 0. The zero-order valence-electron chi connectivity index (χ0n) is 11.8. The van der Waals surface area contributed by atoms with Gasteiger partial charge in [-0.25, -0.2) is 0 Å². The van der Waals surface area contributed by atoms with Crippen LogP contribution in [0.3, 0.4) is 0 Å². The van der Waals surface area contributed by atoms with Crippen LogP contribution in [-0.4, -0.2) is 61.5 Å². The molecule has 1 aliphatic carbocycles. The zero-order valence-corrected chi connectivity index (χ0v) is 11.8. The lowest BCUT2D eigenvalue weighted by Crippen LogP contribution is -2.42. The summed E-state index contributed by atoms with van der Waals surface area (Å²) in [7, 11) is 3.24. The summed E-state index contributed by atoms with van der Waals surface area (Å²) < 4.78 is 4.67. The van der Waals surface area contributed by atoms with Gasteiger partial charge in [0.25, 0.3) is 0 Å². The minimum atomic E-state index is -0.233. The minimum absolute atomic E-state index is 0.152. The van der Waals surface area contributed by atoms with E-state index in [1.54, 1.807) is 0 Å². The normalized spacial score (nSPS) is 16.5. The predicted octanol–water partition coefficient (Wildman–Crippen LogP) is 0.738. The SMILES string of the molecule is CCN(C(=O)CN(C)CC(C)C(=O)OC)C1CC1. The van der Waals surface area contributed by atoms with Crippen molar-refractivity contribution in [3.8, 4) is 0 Å². The molecular weight excluding hydrogens is 232 g/mol. The van der Waals surface area contributed by atoms with Crippen LogP contribution >= 0.6 is 0 Å². The quantitative estimate of drug-likeness (QED) is 0.630. The van der Waals surface area contributed by atoms with E-state index in [4.69, 9.17) is 0 Å². The van der Waals surface area contributed by atoms with E-state index in [-0.39, 0.29) is 17.8 Å². The van der Waals surface area contributed by atoms with E-state index in [0.717, 1.165) is 19.4 Å². The minimum Gasteiger partial charge on any atom is -0.469 e. The van der Waals surface area contributed by atoms with Gasteiger partial charge in [0.15, 0.2) is 0 Å². The third-order valence-corrected chi connectivity index (χ3v) is 3.24. The third kappa shape index (κ3) is 4.29. The van der Waals surface area contributed by atoms with Crippen LogP contribution in [0.1, 0.15) is 26.7 Å². The van der Waals surface area contributed by atoms with Gasteiger partial charge in [-0.1, -0.05) is 6.92 Å². The van der Waals surface area contributed by atoms with Gasteiger partial charge in [0.1, 0.15) is 0 Å². The van der Waals surface area contributed by atoms with Gasteiger partial charge in [0.2, 0.25) is 5.91 Å². The van der Waals surface area contributed by atoms with Crippen LogP contribution in [0.15, 0.2) is 0 Å². The molecule has 0 aromatic carbocycles. The topological polar surface area (TPSA) is 49.9 Å². The van der Waals surface area contributed by atoms with Gasteiger partial charge in [-0.2, -0.15) is 0 Å². The fraction of sp³-hybridized carbons (Fsp3) is 0.846. The zero-order chi connectivity index (χ0) is 13.7. The number of methoxy groups -OCH3 is 1. The average molecular weight is 256 g/mol. The summed E-state index contributed by atoms with van der Waals surface area (Å²) in [5.41, 5.74) is 0. The molecule has 1 aliphatic rings. The van der Waals surface area contributed by atoms with Gasteiger partial charge in [-0.05, 0) is 26.8 Å². The van der Waals surface area contributed by atoms with Crippen molar-refractivity contribution in [3.05, 3.63) is 0 Å². The second kappa shape index (κ2) is 6.73. The van der Waals surface area contributed by atoms with Crippen LogP contribution in [0.5, 0.6) is 0 Å². The molecule has 0 saturated heterocycles. The highest BCUT2D eigenvalue weighted by Crippen LogP contribution is 2.26. The molecule has 1 rings (SSSR count). The lowest BCUT2D eigenvalue weighted by molar-refractivity contribution is -0.146. The number of likely N-dealkylation sites (N-methyl/N-ethyl adjacent to an activating group) is 2. The van der Waals surface area contributed by atoms with Crippen molar-refractivity contribution in [3.63, 3.8) is 0 Å². The molecule has 1 atom stereocenters. The first kappa shape index (κ1) is 15.0. The van der Waals surface area contributed by atoms with Crippen LogP contribution in [0, 0.1) is 5.92 Å². The Morgan fingerprint density at radius 2 is 2.00 bits per heavy atom. The number of carbonyl (C=O) groups is 2. The summed E-state index contributed by atoms with van der Waals surface area (Å²) in [6.07, 6.45) is 2.25. The van der Waals surface area contributed by atoms with Gasteiger partial charge in [0, 0.05) is 19.1 Å². The molecule has 104 valence electrons. The first-order chi connectivity index (χ1) is 8.49. The molecule has 0 radical (unpaired) electrons. The van der Waals surface area contributed by atoms with Crippen LogP contribution in [0.4, 0.5) is 0 Å². The highest BCUT2D eigenvalue weighted by molar-refractivity contribution is 5.79. The van der Waals surface area contributed by atoms with E-state index in [1.807, 2.05) is 30.7 Å². The molecule has 0 aromatic rings. The van der Waals surface area contributed by atoms with E-state index in [9.17, 15) is 9.59 Å². The molecule has 5 nitrogen and oxygen atoms in total. The molecule has 1 fully saturated rings. The number of hydrogen-bond acceptors (Lipinski definition) is 4. The Morgan fingerprint density at radius 3 is 2.44 bits per heavy atom. The van der Waals surface area contributed by atoms with E-state index < -0.39 is 0 Å². The average Bonchev–Trinajstić information content (AvgIpc) is 3.12. The van der Waals surface area contributed by atoms with Crippen LogP contribution < -0.4 is 0 Å². The molecule has 0 N–H and O–H groups in total. The Kier molecular flexibility index (Phi) is 5.59. The maximum absolute atomic E-state index is 12.1. The van der Waals surface area contributed by atoms with Gasteiger partial charge in [-0.3, -0.25) is 14.5 Å². The van der Waals surface area contributed by atoms with Crippen LogP contribution in [-0.2, 0) is 14.3 Å². The Hall–Kier alpha value is -1.10. The van der Waals surface area contributed by atoms with Gasteiger partial charge in [0.05, 0.1) is 19.6 Å². The Bertz CT molecular complexity index is 303. The van der Waals surface area contributed by atoms with Crippen LogP contribution in [0.25, 0.3) is 0 Å². The molecule has 1 unspecified atom stereocenters. The first-order valence-electron chi connectivity index (χ1n) is 6.55. The molecule has 0 heterocycles. The van der Waals surface area contributed by atoms with Crippen molar-refractivity contribution in [2.24, 2.45) is 5.92 Å². The van der Waals surface area contributed by atoms with E-state index in [1.165, 1.54) is 7.11 Å². The van der Waals surface area contributed by atoms with Crippen molar-refractivity contribution in [2.75, 3.05) is 33.8 Å². The maximum Gasteiger partial charge on any atom is 0.309 e. The second-order valence-electron chi connectivity index (χ2n) is 5.03. The van der Waals surface area contributed by atoms with Crippen molar-refractivity contribution < 1.29 is 14.3 Å². The molecule has 1 saturated carbocycles. The lowest BCUT2D eigenvalue weighted by atomic mass is 10.2. The van der Waals surface area contributed by atoms with Crippen molar-refractivity contribution >= 4 is 11.9 Å². The fourth-order valence-electron chi connectivity index (χ4n) is 2.15. The summed E-state index contributed by atoms with van der Waals surface area (Å²) in [5.74, 6) is -0.285.